The fraction of sp³-hybridized carbons (Fsp3) is 0.375. The van der Waals surface area contributed by atoms with E-state index in [1.807, 2.05) is 6.92 Å². The van der Waals surface area contributed by atoms with Gasteiger partial charge in [0.05, 0.1) is 6.61 Å². The standard InChI is InChI=1S/C24H31N3O3S/c1-3-5-6-7-8-17-30-21-15-11-19(12-16-21)23(29)27-24(31)26-20-13-9-18(10-14-20)22(28)25-4-2/h9-16H,3-8,17H2,1-2H3,(H,25,28)(H2,26,27,29,31). The third-order valence-electron chi connectivity index (χ3n) is 4.60. The van der Waals surface area contributed by atoms with Gasteiger partial charge in [-0.05, 0) is 74.1 Å². The zero-order valence-corrected chi connectivity index (χ0v) is 19.0. The van der Waals surface area contributed by atoms with Crippen LogP contribution < -0.4 is 20.7 Å². The Morgan fingerprint density at radius 2 is 1.45 bits per heavy atom. The lowest BCUT2D eigenvalue weighted by Gasteiger charge is -2.11. The smallest absolute Gasteiger partial charge is 0.257 e. The van der Waals surface area contributed by atoms with Gasteiger partial charge in [-0.25, -0.2) is 0 Å². The predicted molar refractivity (Wildman–Crippen MR) is 129 cm³/mol. The molecule has 0 spiro atoms. The Bertz CT molecular complexity index is 851. The van der Waals surface area contributed by atoms with Crippen molar-refractivity contribution < 1.29 is 14.3 Å². The summed E-state index contributed by atoms with van der Waals surface area (Å²) in [4.78, 5) is 24.2. The van der Waals surface area contributed by atoms with Crippen molar-refractivity contribution >= 4 is 34.8 Å². The molecule has 31 heavy (non-hydrogen) atoms. The third-order valence-corrected chi connectivity index (χ3v) is 4.81. The Labute approximate surface area is 189 Å². The van der Waals surface area contributed by atoms with E-state index in [9.17, 15) is 9.59 Å². The van der Waals surface area contributed by atoms with Crippen LogP contribution in [0.25, 0.3) is 0 Å². The quantitative estimate of drug-likeness (QED) is 0.341. The van der Waals surface area contributed by atoms with Crippen LogP contribution >= 0.6 is 12.2 Å². The molecule has 2 aromatic rings. The van der Waals surface area contributed by atoms with Gasteiger partial charge in [0.15, 0.2) is 5.11 Å². The van der Waals surface area contributed by atoms with Gasteiger partial charge < -0.3 is 15.4 Å². The Morgan fingerprint density at radius 1 is 0.839 bits per heavy atom. The second kappa shape index (κ2) is 13.4. The maximum absolute atomic E-state index is 12.4. The van der Waals surface area contributed by atoms with Crippen molar-refractivity contribution in [2.45, 2.75) is 46.0 Å². The van der Waals surface area contributed by atoms with E-state index in [4.69, 9.17) is 17.0 Å². The van der Waals surface area contributed by atoms with E-state index >= 15 is 0 Å². The predicted octanol–water partition coefficient (Wildman–Crippen LogP) is 4.91. The molecule has 0 heterocycles. The van der Waals surface area contributed by atoms with Gasteiger partial charge in [-0.1, -0.05) is 32.6 Å². The minimum Gasteiger partial charge on any atom is -0.494 e. The number of thiocarbonyl (C=S) groups is 1. The normalized spacial score (nSPS) is 10.3. The van der Waals surface area contributed by atoms with Gasteiger partial charge in [-0.2, -0.15) is 0 Å². The van der Waals surface area contributed by atoms with Gasteiger partial charge >= 0.3 is 0 Å². The molecule has 3 N–H and O–H groups in total. The Hall–Kier alpha value is -2.93. The van der Waals surface area contributed by atoms with Gasteiger partial charge in [0.2, 0.25) is 0 Å². The fourth-order valence-corrected chi connectivity index (χ4v) is 3.11. The summed E-state index contributed by atoms with van der Waals surface area (Å²) in [6.45, 7) is 5.32. The maximum atomic E-state index is 12.4. The van der Waals surface area contributed by atoms with E-state index in [0.717, 1.165) is 12.2 Å². The highest BCUT2D eigenvalue weighted by Crippen LogP contribution is 2.14. The molecule has 0 unspecified atom stereocenters. The average Bonchev–Trinajstić information content (AvgIpc) is 2.77. The van der Waals surface area contributed by atoms with E-state index in [1.54, 1.807) is 48.5 Å². The molecule has 0 bridgehead atoms. The van der Waals surface area contributed by atoms with Gasteiger partial charge in [0, 0.05) is 23.4 Å². The van der Waals surface area contributed by atoms with E-state index in [1.165, 1.54) is 25.7 Å². The van der Waals surface area contributed by atoms with Crippen molar-refractivity contribution in [3.8, 4) is 5.75 Å². The number of ether oxygens (including phenoxy) is 1. The highest BCUT2D eigenvalue weighted by Gasteiger charge is 2.09. The average molecular weight is 442 g/mol. The number of carbonyl (C=O) groups is 2. The molecule has 2 aromatic carbocycles. The number of anilines is 1. The number of nitrogens with one attached hydrogen (secondary N) is 3. The Balaban J connectivity index is 1.78. The maximum Gasteiger partial charge on any atom is 0.257 e. The second-order valence-electron chi connectivity index (χ2n) is 7.13. The molecule has 0 aliphatic rings. The highest BCUT2D eigenvalue weighted by atomic mass is 32.1. The highest BCUT2D eigenvalue weighted by molar-refractivity contribution is 7.80. The molecule has 0 saturated carbocycles. The molecule has 0 radical (unpaired) electrons. The summed E-state index contributed by atoms with van der Waals surface area (Å²) in [7, 11) is 0. The molecule has 0 aliphatic heterocycles. The molecule has 6 nitrogen and oxygen atoms in total. The lowest BCUT2D eigenvalue weighted by molar-refractivity contribution is 0.0953. The van der Waals surface area contributed by atoms with Crippen molar-refractivity contribution in [3.63, 3.8) is 0 Å². The van der Waals surface area contributed by atoms with Crippen LogP contribution in [0.15, 0.2) is 48.5 Å². The van der Waals surface area contributed by atoms with Crippen molar-refractivity contribution in [2.24, 2.45) is 0 Å². The summed E-state index contributed by atoms with van der Waals surface area (Å²) in [5.74, 6) is 0.316. The summed E-state index contributed by atoms with van der Waals surface area (Å²) in [5, 5.41) is 8.52. The van der Waals surface area contributed by atoms with E-state index in [2.05, 4.69) is 22.9 Å². The fourth-order valence-electron chi connectivity index (χ4n) is 2.90. The van der Waals surface area contributed by atoms with Crippen LogP contribution in [0, 0.1) is 0 Å². The van der Waals surface area contributed by atoms with Crippen LogP contribution in [0.3, 0.4) is 0 Å². The first-order valence-corrected chi connectivity index (χ1v) is 11.2. The zero-order valence-electron chi connectivity index (χ0n) is 18.2. The molecule has 2 amide bonds. The number of hydrogen-bond donors (Lipinski definition) is 3. The first kappa shape index (κ1) is 24.3. The molecule has 2 rings (SSSR count). The monoisotopic (exact) mass is 441 g/mol. The molecule has 0 saturated heterocycles. The van der Waals surface area contributed by atoms with Gasteiger partial charge in [-0.3, -0.25) is 14.9 Å². The first-order valence-electron chi connectivity index (χ1n) is 10.8. The van der Waals surface area contributed by atoms with Gasteiger partial charge in [0.1, 0.15) is 5.75 Å². The number of carbonyl (C=O) groups excluding carboxylic acids is 2. The molecular formula is C24H31N3O3S. The molecule has 0 fully saturated rings. The molecule has 7 heteroatoms. The van der Waals surface area contributed by atoms with E-state index < -0.39 is 0 Å². The molecule has 0 aliphatic carbocycles. The number of amides is 2. The van der Waals surface area contributed by atoms with Gasteiger partial charge in [-0.15, -0.1) is 0 Å². The number of unbranched alkanes of at least 4 members (excludes halogenated alkanes) is 4. The molecule has 0 aromatic heterocycles. The van der Waals surface area contributed by atoms with Crippen LogP contribution in [0.2, 0.25) is 0 Å². The van der Waals surface area contributed by atoms with Crippen molar-refractivity contribution in [1.29, 1.82) is 0 Å². The minimum atomic E-state index is -0.303. The summed E-state index contributed by atoms with van der Waals surface area (Å²) in [6.07, 6.45) is 5.94. The first-order chi connectivity index (χ1) is 15.0. The SMILES string of the molecule is CCCCCCCOc1ccc(C(=O)NC(=S)Nc2ccc(C(=O)NCC)cc2)cc1. The summed E-state index contributed by atoms with van der Waals surface area (Å²) in [6, 6.07) is 13.9. The lowest BCUT2D eigenvalue weighted by Crippen LogP contribution is -2.34. The largest absolute Gasteiger partial charge is 0.494 e. The van der Waals surface area contributed by atoms with Crippen LogP contribution in [-0.4, -0.2) is 30.1 Å². The van der Waals surface area contributed by atoms with Crippen LogP contribution in [0.1, 0.15) is 66.7 Å². The van der Waals surface area contributed by atoms with E-state index in [0.29, 0.717) is 30.0 Å². The second-order valence-corrected chi connectivity index (χ2v) is 7.54. The Morgan fingerprint density at radius 3 is 2.10 bits per heavy atom. The topological polar surface area (TPSA) is 79.5 Å². The third kappa shape index (κ3) is 8.76. The number of benzene rings is 2. The minimum absolute atomic E-state index is 0.131. The number of hydrogen-bond acceptors (Lipinski definition) is 4. The van der Waals surface area contributed by atoms with Crippen molar-refractivity contribution in [1.82, 2.24) is 10.6 Å². The van der Waals surface area contributed by atoms with Crippen molar-refractivity contribution in [3.05, 3.63) is 59.7 Å². The van der Waals surface area contributed by atoms with Crippen LogP contribution in [0.4, 0.5) is 5.69 Å². The summed E-state index contributed by atoms with van der Waals surface area (Å²) in [5.41, 5.74) is 1.73. The molecular weight excluding hydrogens is 410 g/mol. The van der Waals surface area contributed by atoms with Crippen molar-refractivity contribution in [2.75, 3.05) is 18.5 Å². The van der Waals surface area contributed by atoms with Crippen LogP contribution in [-0.2, 0) is 0 Å². The summed E-state index contributed by atoms with van der Waals surface area (Å²) >= 11 is 5.22. The Kier molecular flexibility index (Phi) is 10.5. The van der Waals surface area contributed by atoms with Gasteiger partial charge in [0.25, 0.3) is 11.8 Å². The summed E-state index contributed by atoms with van der Waals surface area (Å²) < 4.78 is 5.72. The number of rotatable bonds is 11. The zero-order chi connectivity index (χ0) is 22.5. The van der Waals surface area contributed by atoms with E-state index in [-0.39, 0.29) is 16.9 Å². The molecule has 0 atom stereocenters. The lowest BCUT2D eigenvalue weighted by atomic mass is 10.2. The molecule has 166 valence electrons. The van der Waals surface area contributed by atoms with Crippen LogP contribution in [0.5, 0.6) is 5.75 Å².